The van der Waals surface area contributed by atoms with Crippen molar-refractivity contribution in [3.8, 4) is 16.9 Å². The average molecular weight is 378 g/mol. The molecule has 0 amide bonds. The van der Waals surface area contributed by atoms with Crippen LogP contribution in [0.25, 0.3) is 11.1 Å². The highest BCUT2D eigenvalue weighted by Gasteiger charge is 2.51. The molecule has 28 heavy (non-hydrogen) atoms. The van der Waals surface area contributed by atoms with E-state index < -0.39 is 0 Å². The van der Waals surface area contributed by atoms with Crippen LogP contribution in [0.1, 0.15) is 46.6 Å². The number of rotatable bonds is 6. The first kappa shape index (κ1) is 20.7. The maximum atomic E-state index is 6.23. The van der Waals surface area contributed by atoms with E-state index in [9.17, 15) is 0 Å². The van der Waals surface area contributed by atoms with Crippen molar-refractivity contribution in [3.05, 3.63) is 60.7 Å². The third-order valence-electron chi connectivity index (χ3n) is 5.68. The molecule has 1 atom stereocenters. The van der Waals surface area contributed by atoms with Crippen LogP contribution in [-0.4, -0.2) is 24.4 Å². The fraction of sp³-hybridized carbons (Fsp3) is 0.417. The van der Waals surface area contributed by atoms with E-state index in [1.165, 1.54) is 5.56 Å². The molecule has 1 fully saturated rings. The zero-order valence-corrected chi connectivity index (χ0v) is 17.9. The van der Waals surface area contributed by atoms with Crippen LogP contribution in [0, 0.1) is 6.92 Å². The molecule has 148 valence electrons. The molecule has 2 aromatic carbocycles. The Balaban J connectivity index is 1.95. The Kier molecular flexibility index (Phi) is 5.74. The number of hydrogen-bond acceptors (Lipinski definition) is 3. The van der Waals surface area contributed by atoms with Crippen molar-refractivity contribution in [2.24, 2.45) is 0 Å². The lowest BCUT2D eigenvalue weighted by atomic mass is 9.78. The van der Waals surface area contributed by atoms with Gasteiger partial charge in [0, 0.05) is 12.0 Å². The van der Waals surface area contributed by atoms with Crippen LogP contribution in [-0.2, 0) is 9.31 Å². The van der Waals surface area contributed by atoms with Gasteiger partial charge in [-0.2, -0.15) is 0 Å². The van der Waals surface area contributed by atoms with E-state index in [0.29, 0.717) is 0 Å². The molecule has 0 N–H and O–H groups in total. The Hall–Kier alpha value is -2.04. The van der Waals surface area contributed by atoms with Gasteiger partial charge < -0.3 is 14.0 Å². The van der Waals surface area contributed by atoms with Crippen molar-refractivity contribution < 1.29 is 14.0 Å². The van der Waals surface area contributed by atoms with Crippen molar-refractivity contribution in [3.63, 3.8) is 0 Å². The first-order valence-corrected chi connectivity index (χ1v) is 9.97. The van der Waals surface area contributed by atoms with Crippen LogP contribution in [0.3, 0.4) is 0 Å². The van der Waals surface area contributed by atoms with Crippen molar-refractivity contribution in [2.45, 2.75) is 65.3 Å². The van der Waals surface area contributed by atoms with E-state index in [0.717, 1.165) is 28.8 Å². The van der Waals surface area contributed by atoms with E-state index in [2.05, 4.69) is 84.5 Å². The minimum Gasteiger partial charge on any atom is -0.490 e. The van der Waals surface area contributed by atoms with E-state index in [4.69, 9.17) is 14.0 Å². The molecule has 1 aliphatic heterocycles. The third-order valence-corrected chi connectivity index (χ3v) is 5.68. The lowest BCUT2D eigenvalue weighted by molar-refractivity contribution is 0.00578. The highest BCUT2D eigenvalue weighted by molar-refractivity contribution is 6.62. The molecule has 0 spiro atoms. The summed E-state index contributed by atoms with van der Waals surface area (Å²) < 4.78 is 18.6. The zero-order chi connectivity index (χ0) is 20.5. The SMILES string of the molecule is C=CC[C@H](C)Oc1ccc(C)cc1-c1cccc(B2OC(C)(C)C(C)(C)O2)c1. The van der Waals surface area contributed by atoms with Crippen molar-refractivity contribution >= 4 is 12.6 Å². The molecule has 2 aromatic rings. The van der Waals surface area contributed by atoms with Gasteiger partial charge in [0.05, 0.1) is 17.3 Å². The normalized spacial score (nSPS) is 18.7. The first-order chi connectivity index (χ1) is 13.1. The molecule has 0 aliphatic carbocycles. The third kappa shape index (κ3) is 4.18. The molecule has 0 unspecified atom stereocenters. The summed E-state index contributed by atoms with van der Waals surface area (Å²) in [5, 5.41) is 0. The van der Waals surface area contributed by atoms with Gasteiger partial charge in [0.2, 0.25) is 0 Å². The standard InChI is InChI=1S/C24H31BO3/c1-8-10-18(3)26-22-14-13-17(2)15-21(22)19-11-9-12-20(16-19)25-27-23(4,5)24(6,7)28-25/h8-9,11-16,18H,1,10H2,2-7H3/t18-/m0/s1. The maximum Gasteiger partial charge on any atom is 0.494 e. The van der Waals surface area contributed by atoms with Crippen molar-refractivity contribution in [1.29, 1.82) is 0 Å². The minimum atomic E-state index is -0.376. The summed E-state index contributed by atoms with van der Waals surface area (Å²) in [6.45, 7) is 16.3. The second-order valence-corrected chi connectivity index (χ2v) is 8.67. The van der Waals surface area contributed by atoms with E-state index in [-0.39, 0.29) is 24.4 Å². The number of aryl methyl sites for hydroxylation is 1. The van der Waals surface area contributed by atoms with E-state index >= 15 is 0 Å². The Morgan fingerprint density at radius 1 is 1.07 bits per heavy atom. The quantitative estimate of drug-likeness (QED) is 0.504. The van der Waals surface area contributed by atoms with Gasteiger partial charge in [-0.15, -0.1) is 6.58 Å². The molecular weight excluding hydrogens is 347 g/mol. The predicted octanol–water partition coefficient (Wildman–Crippen LogP) is 5.30. The summed E-state index contributed by atoms with van der Waals surface area (Å²) in [5.41, 5.74) is 3.67. The number of ether oxygens (including phenoxy) is 1. The molecular formula is C24H31BO3. The van der Waals surface area contributed by atoms with Gasteiger partial charge in [-0.05, 0) is 64.7 Å². The fourth-order valence-corrected chi connectivity index (χ4v) is 3.30. The predicted molar refractivity (Wildman–Crippen MR) is 117 cm³/mol. The summed E-state index contributed by atoms with van der Waals surface area (Å²) in [4.78, 5) is 0. The fourth-order valence-electron chi connectivity index (χ4n) is 3.30. The number of hydrogen-bond donors (Lipinski definition) is 0. The highest BCUT2D eigenvalue weighted by atomic mass is 16.7. The van der Waals surface area contributed by atoms with Crippen LogP contribution >= 0.6 is 0 Å². The summed E-state index contributed by atoms with van der Waals surface area (Å²) in [5.74, 6) is 0.881. The van der Waals surface area contributed by atoms with Crippen molar-refractivity contribution in [2.75, 3.05) is 0 Å². The second kappa shape index (κ2) is 7.77. The summed E-state index contributed by atoms with van der Waals surface area (Å²) in [6.07, 6.45) is 2.77. The van der Waals surface area contributed by atoms with Gasteiger partial charge >= 0.3 is 7.12 Å². The van der Waals surface area contributed by atoms with Crippen LogP contribution in [0.5, 0.6) is 5.75 Å². The second-order valence-electron chi connectivity index (χ2n) is 8.67. The first-order valence-electron chi connectivity index (χ1n) is 9.97. The van der Waals surface area contributed by atoms with Gasteiger partial charge in [-0.1, -0.05) is 42.0 Å². The average Bonchev–Trinajstić information content (AvgIpc) is 2.84. The van der Waals surface area contributed by atoms with Gasteiger partial charge in [-0.3, -0.25) is 0 Å². The molecule has 0 bridgehead atoms. The monoisotopic (exact) mass is 378 g/mol. The Bertz CT molecular complexity index is 841. The largest absolute Gasteiger partial charge is 0.494 e. The summed E-state index contributed by atoms with van der Waals surface area (Å²) in [7, 11) is -0.376. The minimum absolute atomic E-state index is 0.0743. The van der Waals surface area contributed by atoms with Crippen LogP contribution < -0.4 is 10.2 Å². The lowest BCUT2D eigenvalue weighted by Gasteiger charge is -2.32. The molecule has 1 heterocycles. The highest BCUT2D eigenvalue weighted by Crippen LogP contribution is 2.37. The Labute approximate surface area is 169 Å². The van der Waals surface area contributed by atoms with Crippen LogP contribution in [0.4, 0.5) is 0 Å². The molecule has 0 aromatic heterocycles. The molecule has 1 saturated heterocycles. The van der Waals surface area contributed by atoms with Crippen LogP contribution in [0.2, 0.25) is 0 Å². The number of benzene rings is 2. The van der Waals surface area contributed by atoms with E-state index in [1.807, 2.05) is 12.1 Å². The van der Waals surface area contributed by atoms with Crippen molar-refractivity contribution in [1.82, 2.24) is 0 Å². The molecule has 1 aliphatic rings. The zero-order valence-electron chi connectivity index (χ0n) is 17.9. The molecule has 0 saturated carbocycles. The molecule has 3 rings (SSSR count). The smallest absolute Gasteiger partial charge is 0.490 e. The maximum absolute atomic E-state index is 6.23. The van der Waals surface area contributed by atoms with Gasteiger partial charge in [0.15, 0.2) is 0 Å². The lowest BCUT2D eigenvalue weighted by Crippen LogP contribution is -2.41. The Morgan fingerprint density at radius 2 is 1.75 bits per heavy atom. The molecule has 4 heteroatoms. The molecule has 0 radical (unpaired) electrons. The summed E-state index contributed by atoms with van der Waals surface area (Å²) >= 11 is 0. The van der Waals surface area contributed by atoms with Crippen LogP contribution in [0.15, 0.2) is 55.1 Å². The molecule has 3 nitrogen and oxygen atoms in total. The van der Waals surface area contributed by atoms with Gasteiger partial charge in [-0.25, -0.2) is 0 Å². The summed E-state index contributed by atoms with van der Waals surface area (Å²) in [6, 6.07) is 14.6. The van der Waals surface area contributed by atoms with Gasteiger partial charge in [0.1, 0.15) is 5.75 Å². The topological polar surface area (TPSA) is 27.7 Å². The Morgan fingerprint density at radius 3 is 2.39 bits per heavy atom. The van der Waals surface area contributed by atoms with E-state index in [1.54, 1.807) is 0 Å². The van der Waals surface area contributed by atoms with Gasteiger partial charge in [0.25, 0.3) is 0 Å².